The highest BCUT2D eigenvalue weighted by atomic mass is 35.5. The standard InChI is InChI=1S/C30H41ClO8/c1-15-12-23(39-25(35)16(15)2)28(6,36)20-14-24(38-17(3)32)30(37)19-13-22(34)29(31)10-7-8-21(33)27(29,5)18(19)9-11-26(20,30)4/h7-8,18-20,22-24,34,36-37H,9-14H2,1-6H3/t18-,19+,20-,22+,23+,24-,26+,27-,28+,29-,30+/m0/s1. The molecule has 39 heavy (non-hydrogen) atoms. The number of alkyl halides is 1. The first kappa shape index (κ1) is 28.8. The number of fused-ring (bicyclic) bond motifs is 5. The predicted octanol–water partition coefficient (Wildman–Crippen LogP) is 3.38. The lowest BCUT2D eigenvalue weighted by Gasteiger charge is -2.65. The number of ketones is 1. The minimum absolute atomic E-state index is 0.128. The summed E-state index contributed by atoms with van der Waals surface area (Å²) in [6.07, 6.45) is 2.22. The molecule has 0 aromatic rings. The molecule has 0 unspecified atom stereocenters. The predicted molar refractivity (Wildman–Crippen MR) is 143 cm³/mol. The molecule has 0 amide bonds. The molecule has 3 saturated carbocycles. The van der Waals surface area contributed by atoms with E-state index in [9.17, 15) is 29.7 Å². The molecule has 9 heteroatoms. The van der Waals surface area contributed by atoms with Crippen molar-refractivity contribution < 1.29 is 39.2 Å². The number of allylic oxidation sites excluding steroid dienone is 2. The zero-order chi connectivity index (χ0) is 28.9. The highest BCUT2D eigenvalue weighted by molar-refractivity contribution is 6.28. The summed E-state index contributed by atoms with van der Waals surface area (Å²) < 4.78 is 11.5. The van der Waals surface area contributed by atoms with Crippen molar-refractivity contribution in [3.05, 3.63) is 23.3 Å². The second kappa shape index (κ2) is 8.88. The van der Waals surface area contributed by atoms with E-state index in [4.69, 9.17) is 21.1 Å². The first-order valence-electron chi connectivity index (χ1n) is 14.0. The van der Waals surface area contributed by atoms with Gasteiger partial charge in [-0.2, -0.15) is 0 Å². The van der Waals surface area contributed by atoms with E-state index in [0.29, 0.717) is 31.3 Å². The third-order valence-electron chi connectivity index (χ3n) is 11.8. The summed E-state index contributed by atoms with van der Waals surface area (Å²) >= 11 is 7.09. The Morgan fingerprint density at radius 3 is 2.49 bits per heavy atom. The molecule has 0 saturated heterocycles. The fraction of sp³-hybridized carbons (Fsp3) is 0.767. The summed E-state index contributed by atoms with van der Waals surface area (Å²) in [5.41, 5.74) is -3.99. The largest absolute Gasteiger partial charge is 0.459 e. The Balaban J connectivity index is 1.61. The lowest BCUT2D eigenvalue weighted by atomic mass is 9.42. The van der Waals surface area contributed by atoms with Crippen molar-refractivity contribution in [1.82, 2.24) is 0 Å². The molecule has 216 valence electrons. The van der Waals surface area contributed by atoms with E-state index in [2.05, 4.69) is 0 Å². The van der Waals surface area contributed by atoms with Gasteiger partial charge in [-0.3, -0.25) is 9.59 Å². The number of carbonyl (C=O) groups is 3. The average molecular weight is 565 g/mol. The van der Waals surface area contributed by atoms with Gasteiger partial charge in [0.1, 0.15) is 23.4 Å². The zero-order valence-electron chi connectivity index (χ0n) is 23.6. The van der Waals surface area contributed by atoms with Crippen molar-refractivity contribution in [2.24, 2.45) is 28.6 Å². The van der Waals surface area contributed by atoms with Crippen LogP contribution in [0.5, 0.6) is 0 Å². The first-order valence-corrected chi connectivity index (χ1v) is 14.4. The first-order chi connectivity index (χ1) is 18.0. The van der Waals surface area contributed by atoms with Gasteiger partial charge in [-0.15, -0.1) is 11.6 Å². The molecule has 5 aliphatic rings. The molecular formula is C30H41ClO8. The number of esters is 2. The van der Waals surface area contributed by atoms with Crippen LogP contribution in [0.4, 0.5) is 0 Å². The Morgan fingerprint density at radius 1 is 1.21 bits per heavy atom. The molecule has 0 radical (unpaired) electrons. The van der Waals surface area contributed by atoms with Crippen LogP contribution in [-0.2, 0) is 23.9 Å². The van der Waals surface area contributed by atoms with Crippen LogP contribution in [0, 0.1) is 28.6 Å². The van der Waals surface area contributed by atoms with Crippen molar-refractivity contribution in [1.29, 1.82) is 0 Å². The van der Waals surface area contributed by atoms with E-state index in [1.165, 1.54) is 13.0 Å². The molecule has 11 atom stereocenters. The fourth-order valence-corrected chi connectivity index (χ4v) is 9.71. The maximum absolute atomic E-state index is 13.5. The molecule has 0 bridgehead atoms. The number of aliphatic hydroxyl groups is 3. The van der Waals surface area contributed by atoms with Crippen LogP contribution in [-0.4, -0.2) is 67.4 Å². The van der Waals surface area contributed by atoms with Crippen LogP contribution in [0.1, 0.15) is 80.1 Å². The van der Waals surface area contributed by atoms with Gasteiger partial charge >= 0.3 is 11.9 Å². The van der Waals surface area contributed by atoms with Gasteiger partial charge in [0, 0.05) is 30.3 Å². The quantitative estimate of drug-likeness (QED) is 0.351. The van der Waals surface area contributed by atoms with Gasteiger partial charge in [0.15, 0.2) is 5.78 Å². The smallest absolute Gasteiger partial charge is 0.334 e. The third-order valence-corrected chi connectivity index (χ3v) is 12.6. The average Bonchev–Trinajstić information content (AvgIpc) is 3.08. The summed E-state index contributed by atoms with van der Waals surface area (Å²) in [4.78, 5) is 37.2. The van der Waals surface area contributed by atoms with E-state index < -0.39 is 69.0 Å². The number of hydrogen-bond acceptors (Lipinski definition) is 8. The highest BCUT2D eigenvalue weighted by Gasteiger charge is 2.77. The Morgan fingerprint density at radius 2 is 1.87 bits per heavy atom. The minimum atomic E-state index is -1.67. The molecule has 3 N–H and O–H groups in total. The molecule has 1 aliphatic heterocycles. The second-order valence-corrected chi connectivity index (χ2v) is 14.1. The zero-order valence-corrected chi connectivity index (χ0v) is 24.4. The number of cyclic esters (lactones) is 1. The number of ether oxygens (including phenoxy) is 2. The Labute approximate surface area is 234 Å². The van der Waals surface area contributed by atoms with Crippen molar-refractivity contribution in [3.63, 3.8) is 0 Å². The van der Waals surface area contributed by atoms with E-state index in [0.717, 1.165) is 5.57 Å². The number of halogens is 1. The van der Waals surface area contributed by atoms with Gasteiger partial charge in [-0.05, 0) is 70.8 Å². The van der Waals surface area contributed by atoms with Crippen LogP contribution >= 0.6 is 11.6 Å². The Hall–Kier alpha value is -1.74. The van der Waals surface area contributed by atoms with Crippen LogP contribution in [0.15, 0.2) is 23.3 Å². The lowest BCUT2D eigenvalue weighted by Crippen LogP contribution is -2.73. The Bertz CT molecular complexity index is 1180. The lowest BCUT2D eigenvalue weighted by molar-refractivity contribution is -0.253. The monoisotopic (exact) mass is 564 g/mol. The van der Waals surface area contributed by atoms with Gasteiger partial charge in [0.25, 0.3) is 0 Å². The summed E-state index contributed by atoms with van der Waals surface area (Å²) in [6.45, 7) is 10.1. The van der Waals surface area contributed by atoms with Gasteiger partial charge in [0.2, 0.25) is 0 Å². The summed E-state index contributed by atoms with van der Waals surface area (Å²) in [5.74, 6) is -2.84. The fourth-order valence-electron chi connectivity index (χ4n) is 9.30. The van der Waals surface area contributed by atoms with Crippen LogP contribution in [0.2, 0.25) is 0 Å². The molecule has 4 aliphatic carbocycles. The van der Waals surface area contributed by atoms with E-state index in [1.54, 1.807) is 26.8 Å². The van der Waals surface area contributed by atoms with Crippen molar-refractivity contribution in [3.8, 4) is 0 Å². The van der Waals surface area contributed by atoms with Gasteiger partial charge in [-0.25, -0.2) is 4.79 Å². The normalized spacial score (nSPS) is 49.0. The summed E-state index contributed by atoms with van der Waals surface area (Å²) in [5, 5.41) is 36.4. The SMILES string of the molecule is CC(=O)O[C@H]1C[C@H]([C@@](C)(O)[C@H]2CC(C)=C(C)C(=O)O2)[C@@]2(C)CC[C@H]3[C@@H](C[C@@H](O)[C@@]4(Cl)CC=CC(=O)[C@]34C)[C@@]12O. The minimum Gasteiger partial charge on any atom is -0.459 e. The van der Waals surface area contributed by atoms with E-state index in [-0.39, 0.29) is 24.5 Å². The van der Waals surface area contributed by atoms with Crippen molar-refractivity contribution >= 4 is 29.3 Å². The number of rotatable bonds is 3. The number of carbonyl (C=O) groups excluding carboxylic acids is 3. The van der Waals surface area contributed by atoms with Crippen molar-refractivity contribution in [2.45, 2.75) is 114 Å². The second-order valence-electron chi connectivity index (χ2n) is 13.4. The number of hydrogen-bond donors (Lipinski definition) is 3. The molecule has 3 fully saturated rings. The summed E-state index contributed by atoms with van der Waals surface area (Å²) in [7, 11) is 0. The van der Waals surface area contributed by atoms with Gasteiger partial charge < -0.3 is 24.8 Å². The van der Waals surface area contributed by atoms with Crippen LogP contribution in [0.25, 0.3) is 0 Å². The Kier molecular flexibility index (Phi) is 6.55. The molecule has 5 rings (SSSR count). The van der Waals surface area contributed by atoms with Gasteiger partial charge in [0.05, 0.1) is 16.4 Å². The molecule has 0 aromatic carbocycles. The van der Waals surface area contributed by atoms with Crippen molar-refractivity contribution in [2.75, 3.05) is 0 Å². The van der Waals surface area contributed by atoms with Crippen LogP contribution in [0.3, 0.4) is 0 Å². The maximum atomic E-state index is 13.5. The van der Waals surface area contributed by atoms with Gasteiger partial charge in [-0.1, -0.05) is 25.5 Å². The highest BCUT2D eigenvalue weighted by Crippen LogP contribution is 2.71. The van der Waals surface area contributed by atoms with E-state index >= 15 is 0 Å². The molecule has 8 nitrogen and oxygen atoms in total. The molecule has 1 heterocycles. The maximum Gasteiger partial charge on any atom is 0.334 e. The number of aliphatic hydroxyl groups excluding tert-OH is 1. The third kappa shape index (κ3) is 3.57. The molecule has 0 spiro atoms. The topological polar surface area (TPSA) is 130 Å². The molecule has 0 aromatic heterocycles. The molecular weight excluding hydrogens is 524 g/mol. The van der Waals surface area contributed by atoms with E-state index in [1.807, 2.05) is 13.8 Å². The summed E-state index contributed by atoms with van der Waals surface area (Å²) in [6, 6.07) is 0. The van der Waals surface area contributed by atoms with Crippen LogP contribution < -0.4 is 0 Å².